The predicted molar refractivity (Wildman–Crippen MR) is 72.8 cm³/mol. The minimum Gasteiger partial charge on any atom is -0.430 e. The van der Waals surface area contributed by atoms with Gasteiger partial charge in [-0.3, -0.25) is 0 Å². The Morgan fingerprint density at radius 3 is 2.11 bits per heavy atom. The topological polar surface area (TPSA) is 86.6 Å². The summed E-state index contributed by atoms with van der Waals surface area (Å²) >= 11 is 0. The quantitative estimate of drug-likeness (QED) is 0.677. The van der Waals surface area contributed by atoms with Gasteiger partial charge in [-0.25, -0.2) is 13.1 Å². The van der Waals surface area contributed by atoms with E-state index in [1.807, 2.05) is 33.8 Å². The molecule has 0 aliphatic rings. The van der Waals surface area contributed by atoms with Crippen molar-refractivity contribution in [3.05, 3.63) is 29.8 Å². The van der Waals surface area contributed by atoms with Crippen molar-refractivity contribution < 1.29 is 18.5 Å². The lowest BCUT2D eigenvalue weighted by Crippen LogP contribution is -2.40. The number of hydrogen-bond donors (Lipinski definition) is 3. The first kappa shape index (κ1) is 17.1. The third kappa shape index (κ3) is 6.75. The van der Waals surface area contributed by atoms with Crippen molar-refractivity contribution in [1.29, 1.82) is 0 Å². The van der Waals surface area contributed by atoms with Gasteiger partial charge in [0.05, 0.1) is 4.90 Å². The van der Waals surface area contributed by atoms with Crippen molar-refractivity contribution in [1.82, 2.24) is 4.72 Å². The summed E-state index contributed by atoms with van der Waals surface area (Å²) in [6, 6.07) is 6.87. The molecule has 0 saturated carbocycles. The molecule has 0 spiro atoms. The number of benzene rings is 1. The van der Waals surface area contributed by atoms with Crippen LogP contribution in [-0.2, 0) is 10.0 Å². The van der Waals surface area contributed by atoms with Crippen LogP contribution in [0.1, 0.15) is 26.3 Å². The zero-order valence-corrected chi connectivity index (χ0v) is 12.0. The molecular weight excluding hydrogens is 253 g/mol. The maximum atomic E-state index is 11.9. The Balaban J connectivity index is 0.000000873. The van der Waals surface area contributed by atoms with Crippen LogP contribution in [0.5, 0.6) is 0 Å². The van der Waals surface area contributed by atoms with Gasteiger partial charge in [0.2, 0.25) is 10.0 Å². The number of hydrogen-bond acceptors (Lipinski definition) is 4. The van der Waals surface area contributed by atoms with Gasteiger partial charge in [0.15, 0.2) is 0 Å². The molecule has 0 saturated heterocycles. The first-order chi connectivity index (χ1) is 8.12. The molecule has 0 atom stereocenters. The maximum absolute atomic E-state index is 11.9. The summed E-state index contributed by atoms with van der Waals surface area (Å²) in [5, 5.41) is 14.2. The first-order valence-corrected chi connectivity index (χ1v) is 6.93. The van der Waals surface area contributed by atoms with Gasteiger partial charge in [-0.2, -0.15) is 0 Å². The molecule has 1 aromatic rings. The van der Waals surface area contributed by atoms with Crippen molar-refractivity contribution in [3.63, 3.8) is 0 Å². The van der Waals surface area contributed by atoms with E-state index in [4.69, 9.17) is 10.0 Å². The second kappa shape index (κ2) is 6.89. The predicted octanol–water partition coefficient (Wildman–Crippen LogP) is 0.309. The van der Waals surface area contributed by atoms with Crippen molar-refractivity contribution >= 4 is 17.7 Å². The zero-order chi connectivity index (χ0) is 14.4. The van der Waals surface area contributed by atoms with E-state index < -0.39 is 23.2 Å². The lowest BCUT2D eigenvalue weighted by molar-refractivity contribution is 0.448. The van der Waals surface area contributed by atoms with Crippen molar-refractivity contribution in [2.45, 2.75) is 38.1 Å². The molecule has 0 amide bonds. The molecule has 0 aromatic heterocycles. The van der Waals surface area contributed by atoms with E-state index in [9.17, 15) is 8.42 Å². The van der Waals surface area contributed by atoms with Gasteiger partial charge >= 0.3 is 7.69 Å². The summed E-state index contributed by atoms with van der Waals surface area (Å²) < 4.78 is 26.4. The highest BCUT2D eigenvalue weighted by molar-refractivity contribution is 7.89. The minimum absolute atomic E-state index is 0.317. The second-order valence-corrected chi connectivity index (χ2v) is 6.50. The third-order valence-corrected chi connectivity index (χ3v) is 3.50. The Labute approximate surface area is 109 Å². The number of nitrogens with one attached hydrogen (secondary N) is 1. The zero-order valence-electron chi connectivity index (χ0n) is 11.1. The lowest BCUT2D eigenvalue weighted by atomic mass is 10.1. The first-order valence-electron chi connectivity index (χ1n) is 5.45. The van der Waals surface area contributed by atoms with Crippen LogP contribution in [0, 0.1) is 6.92 Å². The number of aryl methyl sites for hydroxylation is 1. The van der Waals surface area contributed by atoms with E-state index in [-0.39, 0.29) is 0 Å². The summed E-state index contributed by atoms with van der Waals surface area (Å²) in [4.78, 5) is 0.317. The Hall–Kier alpha value is -0.885. The lowest BCUT2D eigenvalue weighted by Gasteiger charge is -2.20. The van der Waals surface area contributed by atoms with Gasteiger partial charge < -0.3 is 10.0 Å². The fourth-order valence-electron chi connectivity index (χ4n) is 1.24. The van der Waals surface area contributed by atoms with Crippen molar-refractivity contribution in [2.75, 3.05) is 0 Å². The van der Waals surface area contributed by atoms with Crippen molar-refractivity contribution in [2.24, 2.45) is 0 Å². The van der Waals surface area contributed by atoms with Gasteiger partial charge in [-0.1, -0.05) is 12.1 Å². The fourth-order valence-corrected chi connectivity index (χ4v) is 2.77. The Morgan fingerprint density at radius 2 is 1.72 bits per heavy atom. The van der Waals surface area contributed by atoms with Gasteiger partial charge in [0.25, 0.3) is 0 Å². The van der Waals surface area contributed by atoms with Crippen LogP contribution in [0.2, 0.25) is 0 Å². The molecule has 0 aliphatic heterocycles. The van der Waals surface area contributed by atoms with E-state index in [1.54, 1.807) is 18.2 Å². The van der Waals surface area contributed by atoms with Gasteiger partial charge in [0.1, 0.15) is 0 Å². The van der Waals surface area contributed by atoms with Gasteiger partial charge in [0, 0.05) is 5.54 Å². The van der Waals surface area contributed by atoms with Crippen LogP contribution in [-0.4, -0.2) is 31.7 Å². The van der Waals surface area contributed by atoms with E-state index in [0.29, 0.717) is 4.90 Å². The third-order valence-electron chi connectivity index (χ3n) is 1.74. The molecule has 18 heavy (non-hydrogen) atoms. The molecule has 1 aromatic carbocycles. The summed E-state index contributed by atoms with van der Waals surface area (Å²) in [5.41, 5.74) is 0.481. The van der Waals surface area contributed by atoms with E-state index >= 15 is 0 Å². The molecular formula is C11H20BNO4S. The highest BCUT2D eigenvalue weighted by Gasteiger charge is 2.21. The van der Waals surface area contributed by atoms with E-state index in [2.05, 4.69) is 4.72 Å². The molecule has 0 unspecified atom stereocenters. The molecule has 7 heteroatoms. The largest absolute Gasteiger partial charge is 0.432 e. The monoisotopic (exact) mass is 273 g/mol. The second-order valence-electron chi connectivity index (χ2n) is 4.81. The fraction of sp³-hybridized carbons (Fsp3) is 0.455. The summed E-state index contributed by atoms with van der Waals surface area (Å²) in [7, 11) is -4.14. The average molecular weight is 273 g/mol. The molecule has 0 fully saturated rings. The highest BCUT2D eigenvalue weighted by atomic mass is 32.2. The van der Waals surface area contributed by atoms with Crippen molar-refractivity contribution in [3.8, 4) is 0 Å². The summed E-state index contributed by atoms with van der Waals surface area (Å²) in [6.07, 6.45) is 0. The van der Waals surface area contributed by atoms with Crippen LogP contribution < -0.4 is 4.72 Å². The summed E-state index contributed by atoms with van der Waals surface area (Å²) in [6.45, 7) is 7.33. The van der Waals surface area contributed by atoms with Crippen LogP contribution in [0.25, 0.3) is 0 Å². The van der Waals surface area contributed by atoms with Gasteiger partial charge in [-0.05, 0) is 45.4 Å². The van der Waals surface area contributed by atoms with E-state index in [1.165, 1.54) is 0 Å². The van der Waals surface area contributed by atoms with Crippen LogP contribution in [0.4, 0.5) is 0 Å². The molecule has 0 aliphatic carbocycles. The van der Waals surface area contributed by atoms with Crippen LogP contribution in [0.3, 0.4) is 0 Å². The molecule has 0 radical (unpaired) electrons. The number of rotatable bonds is 2. The SMILES string of the molecule is Cc1cccc(S(=O)(=O)NC(C)(C)C)c1.OBO. The van der Waals surface area contributed by atoms with Crippen LogP contribution >= 0.6 is 0 Å². The molecule has 0 heterocycles. The molecule has 5 nitrogen and oxygen atoms in total. The molecule has 1 rings (SSSR count). The standard InChI is InChI=1S/C11H17NO2S.BH3O2/c1-9-6-5-7-10(8-9)15(13,14)12-11(2,3)4;2-1-3/h5-8,12H,1-4H3;1-3H. The smallest absolute Gasteiger partial charge is 0.430 e. The number of sulfonamides is 1. The molecule has 0 bridgehead atoms. The average Bonchev–Trinajstić information content (AvgIpc) is 2.15. The maximum Gasteiger partial charge on any atom is 0.432 e. The normalized spacial score (nSPS) is 11.4. The minimum atomic E-state index is -3.39. The Bertz CT molecular complexity index is 468. The highest BCUT2D eigenvalue weighted by Crippen LogP contribution is 2.13. The summed E-state index contributed by atoms with van der Waals surface area (Å²) in [5.74, 6) is 0. The van der Waals surface area contributed by atoms with E-state index in [0.717, 1.165) is 5.56 Å². The van der Waals surface area contributed by atoms with Crippen LogP contribution in [0.15, 0.2) is 29.2 Å². The van der Waals surface area contributed by atoms with Gasteiger partial charge in [-0.15, -0.1) is 0 Å². The molecule has 102 valence electrons. The Kier molecular flexibility index (Phi) is 6.55. The Morgan fingerprint density at radius 1 is 1.22 bits per heavy atom. The molecule has 3 N–H and O–H groups in total.